The fraction of sp³-hybridized carbons (Fsp3) is 0.409. The van der Waals surface area contributed by atoms with E-state index < -0.39 is 5.82 Å². The van der Waals surface area contributed by atoms with Gasteiger partial charge in [-0.2, -0.15) is 0 Å². The molecule has 0 aromatic heterocycles. The third kappa shape index (κ3) is 4.68. The molecule has 1 fully saturated rings. The molecular formula is C22H25Cl2FN2O. The van der Waals surface area contributed by atoms with E-state index in [1.54, 1.807) is 0 Å². The van der Waals surface area contributed by atoms with Crippen molar-refractivity contribution in [2.24, 2.45) is 5.41 Å². The van der Waals surface area contributed by atoms with Crippen LogP contribution in [0.4, 0.5) is 10.1 Å². The lowest BCUT2D eigenvalue weighted by atomic mass is 9.75. The van der Waals surface area contributed by atoms with E-state index in [1.807, 2.05) is 24.3 Å². The molecule has 28 heavy (non-hydrogen) atoms. The lowest BCUT2D eigenvalue weighted by molar-refractivity contribution is -0.105. The molecule has 2 N–H and O–H groups in total. The van der Waals surface area contributed by atoms with E-state index >= 15 is 0 Å². The summed E-state index contributed by atoms with van der Waals surface area (Å²) in [6.07, 6.45) is 1.50. The van der Waals surface area contributed by atoms with Crippen LogP contribution in [-0.2, 0) is 4.79 Å². The van der Waals surface area contributed by atoms with Crippen molar-refractivity contribution in [3.05, 3.63) is 63.4 Å². The van der Waals surface area contributed by atoms with Gasteiger partial charge in [-0.05, 0) is 47.2 Å². The molecule has 150 valence electrons. The Morgan fingerprint density at radius 2 is 2.00 bits per heavy atom. The van der Waals surface area contributed by atoms with Gasteiger partial charge < -0.3 is 10.6 Å². The molecule has 3 rings (SSSR count). The minimum absolute atomic E-state index is 0.00858. The van der Waals surface area contributed by atoms with Crippen LogP contribution in [0.25, 0.3) is 0 Å². The Balaban J connectivity index is 2.11. The molecule has 1 aliphatic rings. The van der Waals surface area contributed by atoms with Crippen LogP contribution in [-0.4, -0.2) is 19.0 Å². The van der Waals surface area contributed by atoms with E-state index in [-0.39, 0.29) is 28.3 Å². The van der Waals surface area contributed by atoms with Crippen molar-refractivity contribution in [3.8, 4) is 0 Å². The van der Waals surface area contributed by atoms with Gasteiger partial charge in [-0.3, -0.25) is 4.79 Å². The highest BCUT2D eigenvalue weighted by Crippen LogP contribution is 2.46. The van der Waals surface area contributed by atoms with Gasteiger partial charge in [0.2, 0.25) is 6.41 Å². The Morgan fingerprint density at radius 1 is 1.25 bits per heavy atom. The molecule has 6 heteroatoms. The van der Waals surface area contributed by atoms with Gasteiger partial charge >= 0.3 is 0 Å². The number of rotatable bonds is 5. The first-order valence-electron chi connectivity index (χ1n) is 9.37. The predicted octanol–water partition coefficient (Wildman–Crippen LogP) is 5.98. The summed E-state index contributed by atoms with van der Waals surface area (Å²) in [5.41, 5.74) is 2.47. The van der Waals surface area contributed by atoms with Crippen molar-refractivity contribution in [1.29, 1.82) is 0 Å². The summed E-state index contributed by atoms with van der Waals surface area (Å²) in [4.78, 5) is 11.2. The summed E-state index contributed by atoms with van der Waals surface area (Å²) in [5.74, 6) is -0.426. The maximum absolute atomic E-state index is 14.4. The second-order valence-corrected chi connectivity index (χ2v) is 9.43. The van der Waals surface area contributed by atoms with Crippen LogP contribution in [0.3, 0.4) is 0 Å². The molecule has 0 bridgehead atoms. The molecule has 1 amide bonds. The van der Waals surface area contributed by atoms with Crippen LogP contribution >= 0.6 is 23.2 Å². The van der Waals surface area contributed by atoms with E-state index in [4.69, 9.17) is 23.2 Å². The molecule has 3 atom stereocenters. The molecule has 3 nitrogen and oxygen atoms in total. The van der Waals surface area contributed by atoms with E-state index in [0.29, 0.717) is 17.1 Å². The zero-order valence-electron chi connectivity index (χ0n) is 16.2. The van der Waals surface area contributed by atoms with Gasteiger partial charge in [0.05, 0.1) is 5.02 Å². The van der Waals surface area contributed by atoms with Crippen LogP contribution in [0.1, 0.15) is 50.2 Å². The van der Waals surface area contributed by atoms with Crippen LogP contribution in [0.15, 0.2) is 36.4 Å². The van der Waals surface area contributed by atoms with Gasteiger partial charge in [0.15, 0.2) is 0 Å². The molecule has 0 radical (unpaired) electrons. The molecule has 1 aliphatic heterocycles. The zero-order valence-corrected chi connectivity index (χ0v) is 17.7. The molecule has 1 heterocycles. The standard InChI is InChI=1S/C22H25Cl2FN2O/c1-22(2,3)10-20-21(15-8-18(25)17(24)9-19(15)27-12-28)16(11-26-20)13-5-4-6-14(23)7-13/h4-9,12,16,20-21,26H,10-11H2,1-3H3,(H,27,28)/t16?,20-,21+/m1/s1. The number of hydrogen-bond acceptors (Lipinski definition) is 2. The fourth-order valence-electron chi connectivity index (χ4n) is 4.19. The molecule has 0 saturated carbocycles. The summed E-state index contributed by atoms with van der Waals surface area (Å²) in [5, 5.41) is 6.98. The highest BCUT2D eigenvalue weighted by Gasteiger charge is 2.40. The van der Waals surface area contributed by atoms with Gasteiger partial charge in [0.25, 0.3) is 0 Å². The fourth-order valence-corrected chi connectivity index (χ4v) is 4.56. The van der Waals surface area contributed by atoms with Crippen molar-refractivity contribution < 1.29 is 9.18 Å². The zero-order chi connectivity index (χ0) is 20.5. The molecular weight excluding hydrogens is 398 g/mol. The maximum atomic E-state index is 14.4. The van der Waals surface area contributed by atoms with Crippen molar-refractivity contribution >= 4 is 35.3 Å². The summed E-state index contributed by atoms with van der Waals surface area (Å²) < 4.78 is 14.4. The van der Waals surface area contributed by atoms with Gasteiger partial charge in [0.1, 0.15) is 5.82 Å². The third-order valence-electron chi connectivity index (χ3n) is 5.24. The summed E-state index contributed by atoms with van der Waals surface area (Å²) in [7, 11) is 0. The Kier molecular flexibility index (Phi) is 6.33. The lowest BCUT2D eigenvalue weighted by Gasteiger charge is -2.31. The minimum Gasteiger partial charge on any atom is -0.328 e. The van der Waals surface area contributed by atoms with Crippen molar-refractivity contribution in [3.63, 3.8) is 0 Å². The average molecular weight is 423 g/mol. The van der Waals surface area contributed by atoms with Crippen molar-refractivity contribution in [2.45, 2.75) is 45.1 Å². The second kappa shape index (κ2) is 8.40. The number of halogens is 3. The lowest BCUT2D eigenvalue weighted by Crippen LogP contribution is -2.31. The number of nitrogens with one attached hydrogen (secondary N) is 2. The first kappa shape index (κ1) is 21.1. The SMILES string of the molecule is CC(C)(C)C[C@H]1NCC(c2cccc(Cl)c2)[C@@H]1c1cc(F)c(Cl)cc1NC=O. The number of benzene rings is 2. The normalized spacial score (nSPS) is 22.3. The van der Waals surface area contributed by atoms with Crippen molar-refractivity contribution in [1.82, 2.24) is 5.32 Å². The van der Waals surface area contributed by atoms with Gasteiger partial charge in [0, 0.05) is 35.1 Å². The van der Waals surface area contributed by atoms with Gasteiger partial charge in [-0.15, -0.1) is 0 Å². The molecule has 2 aromatic rings. The summed E-state index contributed by atoms with van der Waals surface area (Å²) in [6, 6.07) is 10.8. The van der Waals surface area contributed by atoms with E-state index in [0.717, 1.165) is 24.1 Å². The van der Waals surface area contributed by atoms with E-state index in [2.05, 4.69) is 31.4 Å². The Morgan fingerprint density at radius 3 is 2.64 bits per heavy atom. The van der Waals surface area contributed by atoms with E-state index in [9.17, 15) is 9.18 Å². The van der Waals surface area contributed by atoms with E-state index in [1.165, 1.54) is 12.1 Å². The monoisotopic (exact) mass is 422 g/mol. The molecule has 2 aromatic carbocycles. The van der Waals surface area contributed by atoms with Crippen molar-refractivity contribution in [2.75, 3.05) is 11.9 Å². The number of carbonyl (C=O) groups excluding carboxylic acids is 1. The Labute approximate surface area is 175 Å². The Bertz CT molecular complexity index is 866. The number of amides is 1. The number of anilines is 1. The topological polar surface area (TPSA) is 41.1 Å². The summed E-state index contributed by atoms with van der Waals surface area (Å²) >= 11 is 12.2. The average Bonchev–Trinajstić information content (AvgIpc) is 2.99. The Hall–Kier alpha value is -1.62. The quantitative estimate of drug-likeness (QED) is 0.582. The second-order valence-electron chi connectivity index (χ2n) is 8.58. The molecule has 0 aliphatic carbocycles. The largest absolute Gasteiger partial charge is 0.328 e. The first-order valence-corrected chi connectivity index (χ1v) is 10.1. The first-order chi connectivity index (χ1) is 13.2. The molecule has 0 spiro atoms. The third-order valence-corrected chi connectivity index (χ3v) is 5.77. The van der Waals surface area contributed by atoms with Gasteiger partial charge in [-0.1, -0.05) is 56.1 Å². The minimum atomic E-state index is -0.487. The number of carbonyl (C=O) groups is 1. The van der Waals surface area contributed by atoms with Gasteiger partial charge in [-0.25, -0.2) is 4.39 Å². The van der Waals surface area contributed by atoms with Crippen LogP contribution < -0.4 is 10.6 Å². The van der Waals surface area contributed by atoms with Crippen LogP contribution in [0.2, 0.25) is 10.0 Å². The maximum Gasteiger partial charge on any atom is 0.211 e. The molecule has 1 saturated heterocycles. The number of hydrogen-bond donors (Lipinski definition) is 2. The molecule has 1 unspecified atom stereocenters. The summed E-state index contributed by atoms with van der Waals surface area (Å²) in [6.45, 7) is 7.30. The van der Waals surface area contributed by atoms with Crippen LogP contribution in [0, 0.1) is 11.2 Å². The highest BCUT2D eigenvalue weighted by molar-refractivity contribution is 6.31. The highest BCUT2D eigenvalue weighted by atomic mass is 35.5. The van der Waals surface area contributed by atoms with Crippen LogP contribution in [0.5, 0.6) is 0 Å². The predicted molar refractivity (Wildman–Crippen MR) is 114 cm³/mol. The smallest absolute Gasteiger partial charge is 0.211 e.